The quantitative estimate of drug-likeness (QED) is 0.177. The second-order valence-corrected chi connectivity index (χ2v) is 17.2. The average Bonchev–Trinajstić information content (AvgIpc) is 3.87. The van der Waals surface area contributed by atoms with Gasteiger partial charge in [-0.25, -0.2) is 0 Å². The van der Waals surface area contributed by atoms with Gasteiger partial charge in [0.25, 0.3) is 0 Å². The molecule has 0 amide bonds. The first-order valence-electron chi connectivity index (χ1n) is 21.2. The molecule has 1 spiro atoms. The van der Waals surface area contributed by atoms with Crippen LogP contribution in [0, 0.1) is 0 Å². The Labute approximate surface area is 355 Å². The Balaban J connectivity index is 0.967. The van der Waals surface area contributed by atoms with E-state index in [1.54, 1.807) is 0 Å². The molecule has 3 aliphatic carbocycles. The van der Waals surface area contributed by atoms with Crippen molar-refractivity contribution in [2.45, 2.75) is 24.7 Å². The average molecular weight is 782 g/mol. The van der Waals surface area contributed by atoms with Crippen LogP contribution in [0.5, 0.6) is 23.0 Å². The zero-order valence-electron chi connectivity index (χ0n) is 33.8. The molecule has 0 N–H and O–H groups in total. The van der Waals surface area contributed by atoms with E-state index in [0.29, 0.717) is 17.2 Å². The molecule has 0 bridgehead atoms. The number of hydrogen-bond acceptors (Lipinski definition) is 3. The van der Waals surface area contributed by atoms with Crippen molar-refractivity contribution in [2.75, 3.05) is 4.90 Å². The highest BCUT2D eigenvalue weighted by Crippen LogP contribution is 2.67. The van der Waals surface area contributed by atoms with E-state index in [9.17, 15) is 0 Å². The first-order chi connectivity index (χ1) is 30.0. The van der Waals surface area contributed by atoms with Crippen LogP contribution in [0.15, 0.2) is 200 Å². The van der Waals surface area contributed by atoms with Gasteiger partial charge in [0.15, 0.2) is 23.0 Å². The van der Waals surface area contributed by atoms with Gasteiger partial charge in [0, 0.05) is 22.4 Å². The Morgan fingerprint density at radius 1 is 0.361 bits per heavy atom. The molecule has 9 aromatic carbocycles. The highest BCUT2D eigenvalue weighted by atomic mass is 16.6. The molecule has 0 fully saturated rings. The minimum absolute atomic E-state index is 0.0861. The monoisotopic (exact) mass is 781 g/mol. The molecule has 0 atom stereocenters. The predicted molar refractivity (Wildman–Crippen MR) is 247 cm³/mol. The molecule has 9 aromatic rings. The summed E-state index contributed by atoms with van der Waals surface area (Å²) in [5.41, 5.74) is 20.0. The molecule has 288 valence electrons. The molecule has 0 aromatic heterocycles. The Kier molecular flexibility index (Phi) is 6.99. The van der Waals surface area contributed by atoms with Crippen LogP contribution >= 0.6 is 0 Å². The fourth-order valence-corrected chi connectivity index (χ4v) is 11.1. The molecule has 61 heavy (non-hydrogen) atoms. The van der Waals surface area contributed by atoms with Crippen molar-refractivity contribution in [2.24, 2.45) is 0 Å². The molecule has 1 aliphatic heterocycles. The lowest BCUT2D eigenvalue weighted by molar-refractivity contribution is 0.361. The normalized spacial score (nSPS) is 14.6. The number of benzene rings is 9. The van der Waals surface area contributed by atoms with Crippen LogP contribution in [0.25, 0.3) is 44.5 Å². The molecule has 3 nitrogen and oxygen atoms in total. The first-order valence-corrected chi connectivity index (χ1v) is 21.2. The van der Waals surface area contributed by atoms with Crippen molar-refractivity contribution < 1.29 is 9.47 Å². The first kappa shape index (κ1) is 34.3. The lowest BCUT2D eigenvalue weighted by Crippen LogP contribution is -2.25. The van der Waals surface area contributed by atoms with Gasteiger partial charge < -0.3 is 14.4 Å². The van der Waals surface area contributed by atoms with E-state index in [1.807, 2.05) is 6.07 Å². The Bertz CT molecular complexity index is 3260. The van der Waals surface area contributed by atoms with Crippen molar-refractivity contribution >= 4 is 17.1 Å². The summed E-state index contributed by atoms with van der Waals surface area (Å²) in [6.45, 7) is 4.68. The Morgan fingerprint density at radius 3 is 1.66 bits per heavy atom. The molecule has 0 saturated carbocycles. The molecular formula is C58H39NO2. The van der Waals surface area contributed by atoms with Crippen molar-refractivity contribution in [3.63, 3.8) is 0 Å². The molecule has 0 unspecified atom stereocenters. The Hall–Kier alpha value is -7.62. The van der Waals surface area contributed by atoms with Crippen LogP contribution in [0.3, 0.4) is 0 Å². The topological polar surface area (TPSA) is 21.7 Å². The minimum Gasteiger partial charge on any atom is -0.449 e. The molecular weight excluding hydrogens is 743 g/mol. The van der Waals surface area contributed by atoms with Crippen LogP contribution in [0.4, 0.5) is 17.1 Å². The number of anilines is 3. The summed E-state index contributed by atoms with van der Waals surface area (Å²) >= 11 is 0. The van der Waals surface area contributed by atoms with E-state index in [1.165, 1.54) is 66.8 Å². The van der Waals surface area contributed by atoms with Crippen molar-refractivity contribution in [3.8, 4) is 67.5 Å². The molecule has 0 saturated heterocycles. The van der Waals surface area contributed by atoms with Gasteiger partial charge >= 0.3 is 0 Å². The van der Waals surface area contributed by atoms with Crippen LogP contribution < -0.4 is 14.4 Å². The van der Waals surface area contributed by atoms with Crippen molar-refractivity contribution in [1.29, 1.82) is 0 Å². The third-order valence-electron chi connectivity index (χ3n) is 13.7. The molecule has 3 heteroatoms. The third-order valence-corrected chi connectivity index (χ3v) is 13.7. The van der Waals surface area contributed by atoms with E-state index >= 15 is 0 Å². The fraction of sp³-hybridized carbons (Fsp3) is 0.0690. The van der Waals surface area contributed by atoms with Crippen molar-refractivity contribution in [1.82, 2.24) is 0 Å². The zero-order chi connectivity index (χ0) is 40.5. The van der Waals surface area contributed by atoms with E-state index in [4.69, 9.17) is 9.47 Å². The van der Waals surface area contributed by atoms with Gasteiger partial charge in [-0.3, -0.25) is 0 Å². The smallest absolute Gasteiger partial charge is 0.194 e. The summed E-state index contributed by atoms with van der Waals surface area (Å²) in [5, 5.41) is 0. The second kappa shape index (κ2) is 12.5. The van der Waals surface area contributed by atoms with Gasteiger partial charge in [-0.05, 0) is 121 Å². The number of para-hydroxylation sites is 2. The minimum atomic E-state index is -0.483. The summed E-state index contributed by atoms with van der Waals surface area (Å²) in [6.07, 6.45) is 0. The maximum absolute atomic E-state index is 7.36. The number of rotatable bonds is 4. The maximum atomic E-state index is 7.36. The summed E-state index contributed by atoms with van der Waals surface area (Å²) < 4.78 is 14.3. The number of ether oxygens (including phenoxy) is 2. The molecule has 1 heterocycles. The van der Waals surface area contributed by atoms with Gasteiger partial charge in [-0.15, -0.1) is 0 Å². The highest BCUT2D eigenvalue weighted by molar-refractivity contribution is 5.98. The lowest BCUT2D eigenvalue weighted by Gasteiger charge is -2.32. The number of nitrogens with zero attached hydrogens (tertiary/aromatic N) is 1. The summed E-state index contributed by atoms with van der Waals surface area (Å²) in [7, 11) is 0. The van der Waals surface area contributed by atoms with Gasteiger partial charge in [-0.1, -0.05) is 166 Å². The predicted octanol–water partition coefficient (Wildman–Crippen LogP) is 15.4. The fourth-order valence-electron chi connectivity index (χ4n) is 11.1. The van der Waals surface area contributed by atoms with E-state index in [2.05, 4.69) is 213 Å². The largest absolute Gasteiger partial charge is 0.449 e. The van der Waals surface area contributed by atoms with Gasteiger partial charge in [0.2, 0.25) is 0 Å². The van der Waals surface area contributed by atoms with E-state index < -0.39 is 5.41 Å². The number of fused-ring (bicyclic) bond motifs is 16. The van der Waals surface area contributed by atoms with Gasteiger partial charge in [-0.2, -0.15) is 0 Å². The van der Waals surface area contributed by atoms with Gasteiger partial charge in [0.05, 0.1) is 11.1 Å². The molecule has 0 radical (unpaired) electrons. The summed E-state index contributed by atoms with van der Waals surface area (Å²) in [5.74, 6) is 2.82. The summed E-state index contributed by atoms with van der Waals surface area (Å²) in [6, 6.07) is 72.5. The van der Waals surface area contributed by atoms with E-state index in [0.717, 1.165) is 33.9 Å². The van der Waals surface area contributed by atoms with Crippen LogP contribution in [0.2, 0.25) is 0 Å². The zero-order valence-corrected chi connectivity index (χ0v) is 33.8. The summed E-state index contributed by atoms with van der Waals surface area (Å²) in [4.78, 5) is 2.30. The molecule has 13 rings (SSSR count). The highest BCUT2D eigenvalue weighted by Gasteiger charge is 2.53. The van der Waals surface area contributed by atoms with Crippen LogP contribution in [0.1, 0.15) is 47.2 Å². The standard InChI is InChI=1S/C58H39NO2/c1-57(2)45-24-10-6-20-40(45)43-31-30-37(35-50(43)57)36-16-14-19-39(34-36)59(38-17-4-3-5-18-38)51-28-15-29-52-55(51)61-56-53(60-52)33-32-49-54(56)44-23-9-13-27-48(44)58(49)46-25-11-7-21-41(46)42-22-8-12-26-47(42)58/h3-35H,1-2H3. The SMILES string of the molecule is CC1(C)c2ccccc2-c2ccc(-c3cccc(N(c4ccccc4)c4cccc5c4Oc4c(ccc6c4-c4ccccc4C64c6ccccc6-c6ccccc64)O5)c3)cc21. The number of hydrogen-bond donors (Lipinski definition) is 0. The van der Waals surface area contributed by atoms with Crippen molar-refractivity contribution in [3.05, 3.63) is 234 Å². The Morgan fingerprint density at radius 2 is 0.918 bits per heavy atom. The second-order valence-electron chi connectivity index (χ2n) is 17.2. The van der Waals surface area contributed by atoms with Crippen LogP contribution in [-0.4, -0.2) is 0 Å². The third kappa shape index (κ3) is 4.58. The van der Waals surface area contributed by atoms with E-state index in [-0.39, 0.29) is 5.41 Å². The maximum Gasteiger partial charge on any atom is 0.194 e. The lowest BCUT2D eigenvalue weighted by atomic mass is 9.70. The van der Waals surface area contributed by atoms with Crippen LogP contribution in [-0.2, 0) is 10.8 Å². The van der Waals surface area contributed by atoms with Gasteiger partial charge in [0.1, 0.15) is 0 Å². The molecule has 4 aliphatic rings.